The molecule has 1 N–H and O–H groups in total. The van der Waals surface area contributed by atoms with Crippen LogP contribution in [0.2, 0.25) is 5.02 Å². The molecule has 2 aromatic carbocycles. The van der Waals surface area contributed by atoms with E-state index in [2.05, 4.69) is 26.3 Å². The summed E-state index contributed by atoms with van der Waals surface area (Å²) in [6, 6.07) is 15.8. The van der Waals surface area contributed by atoms with Crippen LogP contribution in [0.4, 0.5) is 5.69 Å². The maximum absolute atomic E-state index is 12.3. The van der Waals surface area contributed by atoms with Crippen molar-refractivity contribution in [2.75, 3.05) is 5.32 Å². The summed E-state index contributed by atoms with van der Waals surface area (Å²) in [4.78, 5) is 24.3. The number of hydrogen-bond acceptors (Lipinski definition) is 3. The summed E-state index contributed by atoms with van der Waals surface area (Å²) in [7, 11) is 0. The summed E-state index contributed by atoms with van der Waals surface area (Å²) in [5.41, 5.74) is 2.60. The van der Waals surface area contributed by atoms with Gasteiger partial charge in [0.2, 0.25) is 5.91 Å². The summed E-state index contributed by atoms with van der Waals surface area (Å²) < 4.78 is 2.05. The van der Waals surface area contributed by atoms with Crippen molar-refractivity contribution in [3.05, 3.63) is 80.0 Å². The van der Waals surface area contributed by atoms with E-state index in [1.54, 1.807) is 18.2 Å². The molecule has 132 valence electrons. The second kappa shape index (κ2) is 7.85. The first-order valence-electron chi connectivity index (χ1n) is 7.82. The van der Waals surface area contributed by atoms with Crippen molar-refractivity contribution in [1.29, 1.82) is 0 Å². The quantitative estimate of drug-likeness (QED) is 0.669. The minimum atomic E-state index is -0.356. The van der Waals surface area contributed by atoms with Crippen molar-refractivity contribution < 1.29 is 4.79 Å². The molecule has 0 atom stereocenters. The Kier molecular flexibility index (Phi) is 5.54. The fraction of sp³-hybridized carbons (Fsp3) is 0.105. The van der Waals surface area contributed by atoms with Gasteiger partial charge in [-0.05, 0) is 42.8 Å². The van der Waals surface area contributed by atoms with Gasteiger partial charge >= 0.3 is 0 Å². The summed E-state index contributed by atoms with van der Waals surface area (Å²) in [5.74, 6) is -0.356. The first kappa shape index (κ1) is 18.4. The third-order valence-corrected chi connectivity index (χ3v) is 4.64. The minimum absolute atomic E-state index is 0.188. The lowest BCUT2D eigenvalue weighted by Gasteiger charge is -2.09. The average Bonchev–Trinajstić information content (AvgIpc) is 2.60. The number of aryl methyl sites for hydroxylation is 1. The van der Waals surface area contributed by atoms with Crippen LogP contribution in [0.15, 0.2) is 63.9 Å². The molecular weight excluding hydrogens is 418 g/mol. The Hall–Kier alpha value is -2.44. The summed E-state index contributed by atoms with van der Waals surface area (Å²) in [5, 5.41) is 7.58. The van der Waals surface area contributed by atoms with Crippen LogP contribution in [-0.4, -0.2) is 15.7 Å². The molecule has 0 aliphatic heterocycles. The van der Waals surface area contributed by atoms with Crippen molar-refractivity contribution in [3.63, 3.8) is 0 Å². The molecule has 0 aliphatic rings. The average molecular weight is 433 g/mol. The lowest BCUT2D eigenvalue weighted by atomic mass is 10.1. The monoisotopic (exact) mass is 431 g/mol. The second-order valence-electron chi connectivity index (χ2n) is 5.74. The number of nitrogens with zero attached hydrogens (tertiary/aromatic N) is 2. The van der Waals surface area contributed by atoms with E-state index in [-0.39, 0.29) is 18.0 Å². The van der Waals surface area contributed by atoms with Gasteiger partial charge in [-0.1, -0.05) is 45.7 Å². The number of halogens is 2. The molecule has 5 nitrogen and oxygen atoms in total. The topological polar surface area (TPSA) is 64.0 Å². The molecule has 1 amide bonds. The number of nitrogens with one attached hydrogen (secondary N) is 1. The highest BCUT2D eigenvalue weighted by Gasteiger charge is 2.09. The third kappa shape index (κ3) is 4.39. The molecule has 0 spiro atoms. The van der Waals surface area contributed by atoms with Crippen molar-refractivity contribution in [1.82, 2.24) is 9.78 Å². The number of anilines is 1. The van der Waals surface area contributed by atoms with Crippen molar-refractivity contribution >= 4 is 39.1 Å². The standard InChI is InChI=1S/C19H15BrClN3O2/c1-12-5-6-15(10-16(12)21)22-18(25)11-24-19(26)8-7-17(23-24)13-3-2-4-14(20)9-13/h2-10H,11H2,1H3,(H,22,25). The van der Waals surface area contributed by atoms with E-state index in [1.807, 2.05) is 37.3 Å². The van der Waals surface area contributed by atoms with Gasteiger partial charge in [0.15, 0.2) is 0 Å². The Morgan fingerprint density at radius 1 is 1.19 bits per heavy atom. The van der Waals surface area contributed by atoms with E-state index in [0.717, 1.165) is 20.3 Å². The van der Waals surface area contributed by atoms with Gasteiger partial charge in [-0.2, -0.15) is 5.10 Å². The second-order valence-corrected chi connectivity index (χ2v) is 7.06. The van der Waals surface area contributed by atoms with Gasteiger partial charge in [-0.3, -0.25) is 9.59 Å². The van der Waals surface area contributed by atoms with Crippen LogP contribution >= 0.6 is 27.5 Å². The Morgan fingerprint density at radius 3 is 2.73 bits per heavy atom. The smallest absolute Gasteiger partial charge is 0.267 e. The maximum atomic E-state index is 12.3. The zero-order chi connectivity index (χ0) is 18.7. The predicted octanol–water partition coefficient (Wildman–Crippen LogP) is 4.27. The van der Waals surface area contributed by atoms with Gasteiger partial charge in [-0.25, -0.2) is 4.68 Å². The Labute approximate surface area is 163 Å². The molecule has 0 saturated carbocycles. The molecule has 26 heavy (non-hydrogen) atoms. The van der Waals surface area contributed by atoms with E-state index in [4.69, 9.17) is 11.6 Å². The Bertz CT molecular complexity index is 1030. The lowest BCUT2D eigenvalue weighted by Crippen LogP contribution is -2.29. The number of benzene rings is 2. The first-order chi connectivity index (χ1) is 12.4. The molecule has 0 aliphatic carbocycles. The van der Waals surface area contributed by atoms with E-state index in [9.17, 15) is 9.59 Å². The van der Waals surface area contributed by atoms with E-state index in [1.165, 1.54) is 6.07 Å². The van der Waals surface area contributed by atoms with Crippen LogP contribution < -0.4 is 10.9 Å². The predicted molar refractivity (Wildman–Crippen MR) is 106 cm³/mol. The molecule has 0 fully saturated rings. The number of amides is 1. The summed E-state index contributed by atoms with van der Waals surface area (Å²) in [6.45, 7) is 1.69. The highest BCUT2D eigenvalue weighted by molar-refractivity contribution is 9.10. The Balaban J connectivity index is 1.80. The molecule has 0 radical (unpaired) electrons. The van der Waals surface area contributed by atoms with Crippen molar-refractivity contribution in [3.8, 4) is 11.3 Å². The maximum Gasteiger partial charge on any atom is 0.267 e. The Morgan fingerprint density at radius 2 is 2.00 bits per heavy atom. The fourth-order valence-electron chi connectivity index (χ4n) is 2.37. The highest BCUT2D eigenvalue weighted by Crippen LogP contribution is 2.21. The molecule has 3 rings (SSSR count). The molecule has 0 bridgehead atoms. The largest absolute Gasteiger partial charge is 0.324 e. The number of aromatic nitrogens is 2. The normalized spacial score (nSPS) is 10.6. The van der Waals surface area contributed by atoms with Crippen LogP contribution in [0, 0.1) is 6.92 Å². The van der Waals surface area contributed by atoms with Crippen LogP contribution in [0.3, 0.4) is 0 Å². The van der Waals surface area contributed by atoms with Gasteiger partial charge in [0.1, 0.15) is 6.54 Å². The van der Waals surface area contributed by atoms with Crippen molar-refractivity contribution in [2.24, 2.45) is 0 Å². The fourth-order valence-corrected chi connectivity index (χ4v) is 2.95. The zero-order valence-corrected chi connectivity index (χ0v) is 16.2. The van der Waals surface area contributed by atoms with Gasteiger partial charge < -0.3 is 5.32 Å². The van der Waals surface area contributed by atoms with Gasteiger partial charge in [-0.15, -0.1) is 0 Å². The number of carbonyl (C=O) groups is 1. The van der Waals surface area contributed by atoms with Crippen molar-refractivity contribution in [2.45, 2.75) is 13.5 Å². The summed E-state index contributed by atoms with van der Waals surface area (Å²) >= 11 is 9.47. The van der Waals surface area contributed by atoms with Crippen LogP contribution in [0.25, 0.3) is 11.3 Å². The van der Waals surface area contributed by atoms with Crippen LogP contribution in [-0.2, 0) is 11.3 Å². The van der Waals surface area contributed by atoms with Gasteiger partial charge in [0, 0.05) is 26.8 Å². The van der Waals surface area contributed by atoms with Crippen LogP contribution in [0.5, 0.6) is 0 Å². The number of hydrogen-bond donors (Lipinski definition) is 1. The van der Waals surface area contributed by atoms with E-state index >= 15 is 0 Å². The summed E-state index contributed by atoms with van der Waals surface area (Å²) in [6.07, 6.45) is 0. The molecule has 0 unspecified atom stereocenters. The number of rotatable bonds is 4. The number of carbonyl (C=O) groups excluding carboxylic acids is 1. The lowest BCUT2D eigenvalue weighted by molar-refractivity contribution is -0.117. The van der Waals surface area contributed by atoms with E-state index < -0.39 is 0 Å². The molecule has 1 aromatic heterocycles. The van der Waals surface area contributed by atoms with E-state index in [0.29, 0.717) is 16.4 Å². The molecular formula is C19H15BrClN3O2. The van der Waals surface area contributed by atoms with Crippen LogP contribution in [0.1, 0.15) is 5.56 Å². The molecule has 1 heterocycles. The van der Waals surface area contributed by atoms with Gasteiger partial charge in [0.25, 0.3) is 5.56 Å². The first-order valence-corrected chi connectivity index (χ1v) is 8.99. The SMILES string of the molecule is Cc1ccc(NC(=O)Cn2nc(-c3cccc(Br)c3)ccc2=O)cc1Cl. The highest BCUT2D eigenvalue weighted by atomic mass is 79.9. The minimum Gasteiger partial charge on any atom is -0.324 e. The zero-order valence-electron chi connectivity index (χ0n) is 13.9. The van der Waals surface area contributed by atoms with Gasteiger partial charge in [0.05, 0.1) is 5.69 Å². The molecule has 7 heteroatoms. The molecule has 3 aromatic rings. The molecule has 0 saturated heterocycles. The third-order valence-electron chi connectivity index (χ3n) is 3.74.